The fourth-order valence-electron chi connectivity index (χ4n) is 2.69. The highest BCUT2D eigenvalue weighted by molar-refractivity contribution is 5.78. The van der Waals surface area contributed by atoms with E-state index >= 15 is 0 Å². The van der Waals surface area contributed by atoms with Gasteiger partial charge in [-0.25, -0.2) is 0 Å². The van der Waals surface area contributed by atoms with Gasteiger partial charge in [0.05, 0.1) is 6.54 Å². The number of hydrogen-bond acceptors (Lipinski definition) is 3. The fourth-order valence-corrected chi connectivity index (χ4v) is 2.69. The van der Waals surface area contributed by atoms with Crippen molar-refractivity contribution in [1.29, 1.82) is 0 Å². The van der Waals surface area contributed by atoms with Gasteiger partial charge < -0.3 is 16.0 Å². The number of carbonyl (C=O) groups is 1. The van der Waals surface area contributed by atoms with E-state index in [0.717, 1.165) is 24.9 Å². The molecular weight excluding hydrogens is 202 g/mol. The summed E-state index contributed by atoms with van der Waals surface area (Å²) in [5.41, 5.74) is 5.29. The van der Waals surface area contributed by atoms with Crippen LogP contribution in [0.1, 0.15) is 38.5 Å². The second-order valence-electron chi connectivity index (χ2n) is 5.17. The summed E-state index contributed by atoms with van der Waals surface area (Å²) in [4.78, 5) is 13.7. The molecule has 0 aliphatic heterocycles. The van der Waals surface area contributed by atoms with E-state index in [1.807, 2.05) is 0 Å². The number of hydrogen-bond donors (Lipinski definition) is 2. The highest BCUT2D eigenvalue weighted by Crippen LogP contribution is 2.32. The highest BCUT2D eigenvalue weighted by Gasteiger charge is 2.33. The number of carbonyl (C=O) groups excluding carboxylic acids is 1. The molecule has 4 heteroatoms. The highest BCUT2D eigenvalue weighted by atomic mass is 16.1. The first-order chi connectivity index (χ1) is 7.70. The largest absolute Gasteiger partial charge is 0.352 e. The van der Waals surface area contributed by atoms with E-state index in [1.165, 1.54) is 25.7 Å². The molecule has 2 fully saturated rings. The van der Waals surface area contributed by atoms with Gasteiger partial charge in [-0.15, -0.1) is 0 Å². The maximum absolute atomic E-state index is 11.2. The molecule has 0 radical (unpaired) electrons. The van der Waals surface area contributed by atoms with Gasteiger partial charge in [0.1, 0.15) is 0 Å². The van der Waals surface area contributed by atoms with Gasteiger partial charge in [-0.05, 0) is 45.6 Å². The minimum Gasteiger partial charge on any atom is -0.352 e. The van der Waals surface area contributed by atoms with E-state index in [1.54, 1.807) is 0 Å². The molecule has 4 nitrogen and oxygen atoms in total. The Balaban J connectivity index is 1.71. The third-order valence-corrected chi connectivity index (χ3v) is 3.95. The van der Waals surface area contributed by atoms with Crippen molar-refractivity contribution in [1.82, 2.24) is 10.2 Å². The van der Waals surface area contributed by atoms with Gasteiger partial charge >= 0.3 is 0 Å². The summed E-state index contributed by atoms with van der Waals surface area (Å²) in [5.74, 6) is -0.0148. The molecule has 0 aromatic carbocycles. The molecule has 1 amide bonds. The second-order valence-corrected chi connectivity index (χ2v) is 5.17. The summed E-state index contributed by atoms with van der Waals surface area (Å²) in [6.07, 6.45) is 7.38. The van der Waals surface area contributed by atoms with Crippen molar-refractivity contribution in [2.24, 2.45) is 5.73 Å². The van der Waals surface area contributed by atoms with Gasteiger partial charge in [-0.1, -0.05) is 0 Å². The van der Waals surface area contributed by atoms with Crippen LogP contribution < -0.4 is 11.1 Å². The summed E-state index contributed by atoms with van der Waals surface area (Å²) in [5, 5.41) is 2.99. The van der Waals surface area contributed by atoms with E-state index in [2.05, 4.69) is 17.3 Å². The van der Waals surface area contributed by atoms with Crippen LogP contribution in [0.2, 0.25) is 0 Å². The molecule has 16 heavy (non-hydrogen) atoms. The molecule has 0 unspecified atom stereocenters. The standard InChI is InChI=1S/C12H23N3O/c1-15(11-6-7-11)10-4-2-9(3-5-10)14-12(16)8-13/h9-11H,2-8,13H2,1H3,(H,14,16). The van der Waals surface area contributed by atoms with Crippen LogP contribution in [0.25, 0.3) is 0 Å². The van der Waals surface area contributed by atoms with Crippen LogP contribution in [0.3, 0.4) is 0 Å². The molecule has 92 valence electrons. The first-order valence-corrected chi connectivity index (χ1v) is 6.42. The number of rotatable bonds is 4. The van der Waals surface area contributed by atoms with Crippen LogP contribution in [0.15, 0.2) is 0 Å². The number of nitrogens with one attached hydrogen (secondary N) is 1. The predicted octanol–water partition coefficient (Wildman–Crippen LogP) is 0.467. The summed E-state index contributed by atoms with van der Waals surface area (Å²) >= 11 is 0. The third kappa shape index (κ3) is 2.95. The van der Waals surface area contributed by atoms with E-state index < -0.39 is 0 Å². The lowest BCUT2D eigenvalue weighted by Crippen LogP contribution is -2.44. The van der Waals surface area contributed by atoms with Gasteiger partial charge in [0, 0.05) is 18.1 Å². The van der Waals surface area contributed by atoms with Crippen LogP contribution in [-0.2, 0) is 4.79 Å². The lowest BCUT2D eigenvalue weighted by atomic mass is 9.90. The summed E-state index contributed by atoms with van der Waals surface area (Å²) in [6.45, 7) is 0.113. The zero-order valence-corrected chi connectivity index (χ0v) is 10.1. The molecule has 0 spiro atoms. The lowest BCUT2D eigenvalue weighted by Gasteiger charge is -2.35. The van der Waals surface area contributed by atoms with Crippen molar-refractivity contribution in [2.75, 3.05) is 13.6 Å². The lowest BCUT2D eigenvalue weighted by molar-refractivity contribution is -0.120. The van der Waals surface area contributed by atoms with Crippen LogP contribution in [-0.4, -0.2) is 42.5 Å². The van der Waals surface area contributed by atoms with Crippen molar-refractivity contribution in [3.8, 4) is 0 Å². The minimum absolute atomic E-state index is 0.0148. The molecule has 2 aliphatic carbocycles. The maximum atomic E-state index is 11.2. The number of nitrogens with zero attached hydrogens (tertiary/aromatic N) is 1. The van der Waals surface area contributed by atoms with Crippen molar-refractivity contribution in [2.45, 2.75) is 56.7 Å². The van der Waals surface area contributed by atoms with Crippen molar-refractivity contribution < 1.29 is 4.79 Å². The van der Waals surface area contributed by atoms with E-state index in [4.69, 9.17) is 5.73 Å². The monoisotopic (exact) mass is 225 g/mol. The van der Waals surface area contributed by atoms with E-state index in [9.17, 15) is 4.79 Å². The Bertz CT molecular complexity index is 245. The minimum atomic E-state index is -0.0148. The molecule has 0 bridgehead atoms. The maximum Gasteiger partial charge on any atom is 0.233 e. The first kappa shape index (κ1) is 11.9. The summed E-state index contributed by atoms with van der Waals surface area (Å²) in [7, 11) is 2.25. The van der Waals surface area contributed by atoms with Crippen molar-refractivity contribution in [3.63, 3.8) is 0 Å². The van der Waals surface area contributed by atoms with Gasteiger partial charge in [0.2, 0.25) is 5.91 Å². The van der Waals surface area contributed by atoms with Gasteiger partial charge in [-0.3, -0.25) is 4.79 Å². The van der Waals surface area contributed by atoms with Crippen LogP contribution >= 0.6 is 0 Å². The Kier molecular flexibility index (Phi) is 3.82. The van der Waals surface area contributed by atoms with Crippen molar-refractivity contribution >= 4 is 5.91 Å². The molecule has 2 rings (SSSR count). The van der Waals surface area contributed by atoms with E-state index in [0.29, 0.717) is 6.04 Å². The van der Waals surface area contributed by atoms with Crippen molar-refractivity contribution in [3.05, 3.63) is 0 Å². The predicted molar refractivity (Wildman–Crippen MR) is 64.0 cm³/mol. The Morgan fingerprint density at radius 2 is 1.69 bits per heavy atom. The first-order valence-electron chi connectivity index (χ1n) is 6.42. The molecule has 0 heterocycles. The molecule has 0 atom stereocenters. The quantitative estimate of drug-likeness (QED) is 0.731. The topological polar surface area (TPSA) is 58.4 Å². The third-order valence-electron chi connectivity index (χ3n) is 3.95. The zero-order chi connectivity index (χ0) is 11.5. The van der Waals surface area contributed by atoms with Gasteiger partial charge in [0.15, 0.2) is 0 Å². The van der Waals surface area contributed by atoms with Gasteiger partial charge in [-0.2, -0.15) is 0 Å². The molecule has 0 aromatic heterocycles. The molecular formula is C12H23N3O. The Morgan fingerprint density at radius 3 is 2.12 bits per heavy atom. The van der Waals surface area contributed by atoms with Crippen LogP contribution in [0.5, 0.6) is 0 Å². The zero-order valence-electron chi connectivity index (χ0n) is 10.1. The Labute approximate surface area is 97.6 Å². The molecule has 0 aromatic rings. The van der Waals surface area contributed by atoms with Gasteiger partial charge in [0.25, 0.3) is 0 Å². The number of nitrogens with two attached hydrogens (primary N) is 1. The Morgan fingerprint density at radius 1 is 1.19 bits per heavy atom. The smallest absolute Gasteiger partial charge is 0.233 e. The average molecular weight is 225 g/mol. The van der Waals surface area contributed by atoms with Crippen LogP contribution in [0, 0.1) is 0 Å². The van der Waals surface area contributed by atoms with Crippen LogP contribution in [0.4, 0.5) is 0 Å². The molecule has 2 saturated carbocycles. The summed E-state index contributed by atoms with van der Waals surface area (Å²) in [6, 6.07) is 1.94. The molecule has 0 saturated heterocycles. The van der Waals surface area contributed by atoms with E-state index in [-0.39, 0.29) is 12.5 Å². The second kappa shape index (κ2) is 5.15. The SMILES string of the molecule is CN(C1CCC(NC(=O)CN)CC1)C1CC1. The Hall–Kier alpha value is -0.610. The normalized spacial score (nSPS) is 30.4. The number of amides is 1. The average Bonchev–Trinajstić information content (AvgIpc) is 3.13. The summed E-state index contributed by atoms with van der Waals surface area (Å²) < 4.78 is 0. The molecule has 3 N–H and O–H groups in total. The molecule has 2 aliphatic rings. The fraction of sp³-hybridized carbons (Fsp3) is 0.917.